The normalized spacial score (nSPS) is 12.0. The zero-order valence-corrected chi connectivity index (χ0v) is 14.7. The van der Waals surface area contributed by atoms with Crippen molar-refractivity contribution in [2.45, 2.75) is 13.0 Å². The summed E-state index contributed by atoms with van der Waals surface area (Å²) in [6, 6.07) is 15.7. The molecule has 3 nitrogen and oxygen atoms in total. The lowest BCUT2D eigenvalue weighted by atomic mass is 10.1. The predicted molar refractivity (Wildman–Crippen MR) is 93.3 cm³/mol. The first-order valence-electron chi connectivity index (χ1n) is 6.59. The monoisotopic (exact) mass is 410 g/mol. The van der Waals surface area contributed by atoms with E-state index >= 15 is 0 Å². The summed E-state index contributed by atoms with van der Waals surface area (Å²) >= 11 is 6.78. The van der Waals surface area contributed by atoms with Gasteiger partial charge in [0.05, 0.1) is 6.54 Å². The fourth-order valence-corrected chi connectivity index (χ4v) is 2.38. The van der Waals surface area contributed by atoms with Crippen LogP contribution in [0.1, 0.15) is 18.5 Å². The quantitative estimate of drug-likeness (QED) is 0.760. The van der Waals surface area contributed by atoms with Crippen LogP contribution < -0.4 is 10.6 Å². The van der Waals surface area contributed by atoms with E-state index in [0.29, 0.717) is 0 Å². The Bertz CT molecular complexity index is 597. The molecule has 0 aliphatic heterocycles. The van der Waals surface area contributed by atoms with E-state index in [1.807, 2.05) is 55.5 Å². The molecule has 21 heavy (non-hydrogen) atoms. The van der Waals surface area contributed by atoms with E-state index in [1.165, 1.54) is 0 Å². The van der Waals surface area contributed by atoms with Gasteiger partial charge in [0.25, 0.3) is 0 Å². The van der Waals surface area contributed by atoms with Crippen LogP contribution >= 0.6 is 31.9 Å². The molecule has 0 saturated heterocycles. The standard InChI is InChI=1S/C16H16Br2N2O/c1-11(12-2-4-13(17)5-3-12)19-10-16(21)20-15-8-6-14(18)7-9-15/h2-9,11,19H,10H2,1H3,(H,20,21)/t11-/m1/s1. The molecule has 0 spiro atoms. The number of nitrogens with one attached hydrogen (secondary N) is 2. The van der Waals surface area contributed by atoms with Crippen LogP contribution in [0.4, 0.5) is 5.69 Å². The molecule has 0 unspecified atom stereocenters. The van der Waals surface area contributed by atoms with Crippen molar-refractivity contribution in [2.24, 2.45) is 0 Å². The zero-order valence-electron chi connectivity index (χ0n) is 11.6. The fourth-order valence-electron chi connectivity index (χ4n) is 1.85. The molecule has 2 N–H and O–H groups in total. The first-order chi connectivity index (χ1) is 10.0. The number of benzene rings is 2. The summed E-state index contributed by atoms with van der Waals surface area (Å²) < 4.78 is 2.04. The molecule has 0 radical (unpaired) electrons. The van der Waals surface area contributed by atoms with Crippen molar-refractivity contribution in [2.75, 3.05) is 11.9 Å². The molecule has 0 fully saturated rings. The lowest BCUT2D eigenvalue weighted by Crippen LogP contribution is -2.30. The first kappa shape index (κ1) is 16.2. The number of carbonyl (C=O) groups is 1. The van der Waals surface area contributed by atoms with Crippen molar-refractivity contribution < 1.29 is 4.79 Å². The second-order valence-corrected chi connectivity index (χ2v) is 6.54. The van der Waals surface area contributed by atoms with Gasteiger partial charge in [0.15, 0.2) is 0 Å². The molecule has 0 saturated carbocycles. The van der Waals surface area contributed by atoms with Crippen molar-refractivity contribution in [3.8, 4) is 0 Å². The molecule has 0 heterocycles. The third-order valence-corrected chi connectivity index (χ3v) is 4.12. The Hall–Kier alpha value is -1.17. The molecule has 5 heteroatoms. The summed E-state index contributed by atoms with van der Waals surface area (Å²) in [6.45, 7) is 2.31. The van der Waals surface area contributed by atoms with Crippen LogP contribution in [0.25, 0.3) is 0 Å². The maximum Gasteiger partial charge on any atom is 0.238 e. The van der Waals surface area contributed by atoms with Crippen LogP contribution in [0.3, 0.4) is 0 Å². The second kappa shape index (κ2) is 7.73. The number of halogens is 2. The van der Waals surface area contributed by atoms with Gasteiger partial charge in [0.1, 0.15) is 0 Å². The van der Waals surface area contributed by atoms with Crippen LogP contribution in [0.15, 0.2) is 57.5 Å². The highest BCUT2D eigenvalue weighted by Gasteiger charge is 2.08. The molecule has 0 bridgehead atoms. The van der Waals surface area contributed by atoms with Crippen molar-refractivity contribution >= 4 is 43.5 Å². The van der Waals surface area contributed by atoms with Gasteiger partial charge in [-0.1, -0.05) is 44.0 Å². The Kier molecular flexibility index (Phi) is 5.96. The first-order valence-corrected chi connectivity index (χ1v) is 8.17. The second-order valence-electron chi connectivity index (χ2n) is 4.71. The Morgan fingerprint density at radius 1 is 1.00 bits per heavy atom. The van der Waals surface area contributed by atoms with Crippen LogP contribution in [0.5, 0.6) is 0 Å². The molecule has 1 atom stereocenters. The maximum absolute atomic E-state index is 11.9. The molecule has 2 rings (SSSR count). The highest BCUT2D eigenvalue weighted by atomic mass is 79.9. The average molecular weight is 412 g/mol. The smallest absolute Gasteiger partial charge is 0.238 e. The minimum Gasteiger partial charge on any atom is -0.325 e. The Labute approximate surface area is 141 Å². The van der Waals surface area contributed by atoms with Gasteiger partial charge in [-0.25, -0.2) is 0 Å². The summed E-state index contributed by atoms with van der Waals surface area (Å²) in [7, 11) is 0. The summed E-state index contributed by atoms with van der Waals surface area (Å²) in [5.74, 6) is -0.0544. The van der Waals surface area contributed by atoms with Crippen LogP contribution in [-0.4, -0.2) is 12.5 Å². The van der Waals surface area contributed by atoms with Crippen molar-refractivity contribution in [3.05, 3.63) is 63.0 Å². The van der Waals surface area contributed by atoms with Crippen molar-refractivity contribution in [1.82, 2.24) is 5.32 Å². The minimum absolute atomic E-state index is 0.0544. The average Bonchev–Trinajstić information content (AvgIpc) is 2.48. The molecule has 110 valence electrons. The van der Waals surface area contributed by atoms with Gasteiger partial charge >= 0.3 is 0 Å². The number of amides is 1. The lowest BCUT2D eigenvalue weighted by molar-refractivity contribution is -0.115. The number of carbonyl (C=O) groups excluding carboxylic acids is 1. The lowest BCUT2D eigenvalue weighted by Gasteiger charge is -2.14. The van der Waals surface area contributed by atoms with Gasteiger partial charge in [-0.3, -0.25) is 4.79 Å². The largest absolute Gasteiger partial charge is 0.325 e. The summed E-state index contributed by atoms with van der Waals surface area (Å²) in [5.41, 5.74) is 1.94. The van der Waals surface area contributed by atoms with E-state index in [9.17, 15) is 4.79 Å². The Morgan fingerprint density at radius 3 is 2.10 bits per heavy atom. The van der Waals surface area contributed by atoms with E-state index in [1.54, 1.807) is 0 Å². The van der Waals surface area contributed by atoms with Crippen LogP contribution in [-0.2, 0) is 4.79 Å². The van der Waals surface area contributed by atoms with E-state index in [0.717, 1.165) is 20.2 Å². The molecule has 2 aromatic rings. The predicted octanol–water partition coefficient (Wildman–Crippen LogP) is 4.50. The van der Waals surface area contributed by atoms with Gasteiger partial charge in [0.2, 0.25) is 5.91 Å². The summed E-state index contributed by atoms with van der Waals surface area (Å²) in [4.78, 5) is 11.9. The zero-order chi connectivity index (χ0) is 15.2. The van der Waals surface area contributed by atoms with Crippen molar-refractivity contribution in [1.29, 1.82) is 0 Å². The molecule has 0 aliphatic carbocycles. The molecule has 1 amide bonds. The van der Waals surface area contributed by atoms with E-state index in [-0.39, 0.29) is 18.5 Å². The van der Waals surface area contributed by atoms with Gasteiger partial charge in [-0.05, 0) is 48.9 Å². The topological polar surface area (TPSA) is 41.1 Å². The SMILES string of the molecule is C[C@@H](NCC(=O)Nc1ccc(Br)cc1)c1ccc(Br)cc1. The highest BCUT2D eigenvalue weighted by molar-refractivity contribution is 9.10. The third kappa shape index (κ3) is 5.26. The summed E-state index contributed by atoms with van der Waals surface area (Å²) in [5, 5.41) is 6.07. The maximum atomic E-state index is 11.9. The number of rotatable bonds is 5. The number of anilines is 1. The number of hydrogen-bond acceptors (Lipinski definition) is 2. The Balaban J connectivity index is 1.83. The van der Waals surface area contributed by atoms with E-state index in [4.69, 9.17) is 0 Å². The van der Waals surface area contributed by atoms with Gasteiger partial charge in [0, 0.05) is 20.7 Å². The van der Waals surface area contributed by atoms with Gasteiger partial charge < -0.3 is 10.6 Å². The molecule has 2 aromatic carbocycles. The van der Waals surface area contributed by atoms with Crippen LogP contribution in [0.2, 0.25) is 0 Å². The van der Waals surface area contributed by atoms with Crippen molar-refractivity contribution in [3.63, 3.8) is 0 Å². The van der Waals surface area contributed by atoms with Gasteiger partial charge in [-0.2, -0.15) is 0 Å². The van der Waals surface area contributed by atoms with E-state index in [2.05, 4.69) is 42.5 Å². The molecule has 0 aliphatic rings. The molecular weight excluding hydrogens is 396 g/mol. The third-order valence-electron chi connectivity index (χ3n) is 3.07. The molecular formula is C16H16Br2N2O. The fraction of sp³-hybridized carbons (Fsp3) is 0.188. The Morgan fingerprint density at radius 2 is 1.52 bits per heavy atom. The number of hydrogen-bond donors (Lipinski definition) is 2. The summed E-state index contributed by atoms with van der Waals surface area (Å²) in [6.07, 6.45) is 0. The van der Waals surface area contributed by atoms with Gasteiger partial charge in [-0.15, -0.1) is 0 Å². The highest BCUT2D eigenvalue weighted by Crippen LogP contribution is 2.16. The van der Waals surface area contributed by atoms with E-state index < -0.39 is 0 Å². The van der Waals surface area contributed by atoms with Crippen LogP contribution in [0, 0.1) is 0 Å². The minimum atomic E-state index is -0.0544. The molecule has 0 aromatic heterocycles.